The van der Waals surface area contributed by atoms with Gasteiger partial charge in [0.2, 0.25) is 10.7 Å². The molecule has 1 aliphatic rings. The number of allylic oxidation sites excluding steroid dienone is 1. The van der Waals surface area contributed by atoms with Crippen LogP contribution < -0.4 is 14.4 Å². The molecule has 0 fully saturated rings. The van der Waals surface area contributed by atoms with E-state index >= 15 is 0 Å². The van der Waals surface area contributed by atoms with Crippen molar-refractivity contribution in [3.63, 3.8) is 0 Å². The van der Waals surface area contributed by atoms with Crippen molar-refractivity contribution in [1.29, 1.82) is 0 Å². The van der Waals surface area contributed by atoms with Crippen LogP contribution in [0.25, 0.3) is 6.08 Å². The molecule has 0 radical (unpaired) electrons. The number of ketones is 1. The average molecular weight is 483 g/mol. The predicted molar refractivity (Wildman–Crippen MR) is 126 cm³/mol. The summed E-state index contributed by atoms with van der Waals surface area (Å²) in [6, 6.07) is 14.9. The maximum absolute atomic E-state index is 13.6. The molecule has 6 nitrogen and oxygen atoms in total. The van der Waals surface area contributed by atoms with E-state index in [-0.39, 0.29) is 34.0 Å². The van der Waals surface area contributed by atoms with Crippen molar-refractivity contribution in [2.45, 2.75) is 6.54 Å². The Morgan fingerprint density at radius 3 is 2.50 bits per heavy atom. The van der Waals surface area contributed by atoms with Crippen LogP contribution in [0.5, 0.6) is 5.75 Å². The van der Waals surface area contributed by atoms with Crippen molar-refractivity contribution in [3.05, 3.63) is 99.5 Å². The van der Waals surface area contributed by atoms with Crippen molar-refractivity contribution in [1.82, 2.24) is 5.32 Å². The summed E-state index contributed by atoms with van der Waals surface area (Å²) in [6.45, 7) is 0.277. The lowest BCUT2D eigenvalue weighted by molar-refractivity contribution is 0.0951. The maximum atomic E-state index is 13.6. The van der Waals surface area contributed by atoms with Crippen molar-refractivity contribution in [2.75, 3.05) is 18.5 Å². The normalized spacial score (nSPS) is 16.4. The van der Waals surface area contributed by atoms with Crippen molar-refractivity contribution in [3.8, 4) is 5.75 Å². The number of nitrogens with one attached hydrogen (secondary N) is 1. The van der Waals surface area contributed by atoms with Gasteiger partial charge in [-0.3, -0.25) is 9.59 Å². The van der Waals surface area contributed by atoms with E-state index in [1.807, 2.05) is 12.1 Å². The molecule has 3 aromatic carbocycles. The third kappa shape index (κ3) is 4.66. The number of hydrogen-bond acceptors (Lipinski definition) is 5. The number of halogens is 2. The highest BCUT2D eigenvalue weighted by Gasteiger charge is 2.38. The van der Waals surface area contributed by atoms with Gasteiger partial charge in [0.25, 0.3) is 5.91 Å². The molecule has 0 saturated heterocycles. The van der Waals surface area contributed by atoms with Crippen LogP contribution in [0.1, 0.15) is 31.8 Å². The predicted octanol–water partition coefficient (Wildman–Crippen LogP) is 4.24. The number of fused-ring (bicyclic) bond motifs is 1. The lowest BCUT2D eigenvalue weighted by Crippen LogP contribution is -2.36. The standard InChI is InChI=1S/C25H20F2N2O4S/c1-29-22-10-6-17(25(31)28-14-15-3-7-18(33-2)8-4-15)13-19(22)24(30)23(34(29)32)12-16-5-9-20(26)21(27)11-16/h3-13H,14H2,1-2H3,(H,28,31)/b23-12+. The quantitative estimate of drug-likeness (QED) is 0.435. The first-order chi connectivity index (χ1) is 16.3. The number of nitrogens with zero attached hydrogens (tertiary/aromatic N) is 1. The summed E-state index contributed by atoms with van der Waals surface area (Å²) >= 11 is -1.86. The zero-order chi connectivity index (χ0) is 24.4. The summed E-state index contributed by atoms with van der Waals surface area (Å²) in [6.07, 6.45) is 1.26. The van der Waals surface area contributed by atoms with Gasteiger partial charge in [0.1, 0.15) is 17.1 Å². The zero-order valence-corrected chi connectivity index (χ0v) is 19.1. The molecule has 0 aliphatic carbocycles. The highest BCUT2D eigenvalue weighted by atomic mass is 32.2. The Labute approximate surface area is 198 Å². The molecule has 1 aliphatic heterocycles. The molecule has 9 heteroatoms. The monoisotopic (exact) mass is 482 g/mol. The van der Waals surface area contributed by atoms with Crippen molar-refractivity contribution < 1.29 is 27.7 Å². The van der Waals surface area contributed by atoms with Crippen LogP contribution in [0.4, 0.5) is 14.5 Å². The average Bonchev–Trinajstić information content (AvgIpc) is 2.85. The van der Waals surface area contributed by atoms with Gasteiger partial charge in [-0.2, -0.15) is 4.31 Å². The number of methoxy groups -OCH3 is 1. The number of carbonyl (C=O) groups is 2. The van der Waals surface area contributed by atoms with Crippen LogP contribution in [0.2, 0.25) is 0 Å². The zero-order valence-electron chi connectivity index (χ0n) is 18.3. The van der Waals surface area contributed by atoms with Crippen LogP contribution >= 0.6 is 0 Å². The van der Waals surface area contributed by atoms with E-state index in [9.17, 15) is 22.9 Å². The number of carbonyl (C=O) groups excluding carboxylic acids is 2. The Hall–Kier alpha value is -3.69. The summed E-state index contributed by atoms with van der Waals surface area (Å²) < 4.78 is 46.2. The van der Waals surface area contributed by atoms with Gasteiger partial charge in [-0.05, 0) is 53.6 Å². The number of benzene rings is 3. The smallest absolute Gasteiger partial charge is 0.251 e. The van der Waals surface area contributed by atoms with Crippen LogP contribution in [0, 0.1) is 11.6 Å². The molecule has 1 heterocycles. The Bertz CT molecular complexity index is 1290. The molecule has 0 saturated carbocycles. The van der Waals surface area contributed by atoms with Crippen molar-refractivity contribution >= 4 is 34.8 Å². The van der Waals surface area contributed by atoms with Crippen LogP contribution in [0.3, 0.4) is 0 Å². The van der Waals surface area contributed by atoms with Crippen LogP contribution in [-0.2, 0) is 17.9 Å². The fourth-order valence-corrected chi connectivity index (χ4v) is 4.62. The van der Waals surface area contributed by atoms with Crippen LogP contribution in [-0.4, -0.2) is 30.4 Å². The van der Waals surface area contributed by atoms with E-state index in [0.29, 0.717) is 11.4 Å². The Kier molecular flexibility index (Phi) is 6.67. The molecule has 1 N–H and O–H groups in total. The fourth-order valence-electron chi connectivity index (χ4n) is 3.48. The van der Waals surface area contributed by atoms with Gasteiger partial charge in [-0.25, -0.2) is 8.78 Å². The molecule has 1 amide bonds. The summed E-state index contributed by atoms with van der Waals surface area (Å²) in [5.74, 6) is -2.33. The lowest BCUT2D eigenvalue weighted by Gasteiger charge is -2.29. The molecule has 3 aromatic rings. The molecule has 0 bridgehead atoms. The van der Waals surface area contributed by atoms with E-state index in [4.69, 9.17) is 4.74 Å². The first-order valence-electron chi connectivity index (χ1n) is 10.2. The molecule has 1 atom stereocenters. The Balaban J connectivity index is 1.58. The number of amides is 1. The Morgan fingerprint density at radius 1 is 1.09 bits per heavy atom. The Morgan fingerprint density at radius 2 is 1.82 bits per heavy atom. The molecule has 34 heavy (non-hydrogen) atoms. The molecular weight excluding hydrogens is 462 g/mol. The third-order valence-corrected chi connectivity index (χ3v) is 6.73. The molecule has 4 rings (SSSR count). The van der Waals surface area contributed by atoms with E-state index in [1.54, 1.807) is 38.4 Å². The van der Waals surface area contributed by atoms with Gasteiger partial charge in [0, 0.05) is 18.2 Å². The number of rotatable bonds is 5. The first kappa shape index (κ1) is 23.5. The van der Waals surface area contributed by atoms with Gasteiger partial charge in [-0.15, -0.1) is 0 Å². The first-order valence-corrected chi connectivity index (χ1v) is 11.3. The summed E-state index contributed by atoms with van der Waals surface area (Å²) in [7, 11) is 3.11. The second kappa shape index (κ2) is 9.66. The largest absolute Gasteiger partial charge is 0.588 e. The number of ether oxygens (including phenoxy) is 1. The van der Waals surface area contributed by atoms with Gasteiger partial charge < -0.3 is 14.6 Å². The van der Waals surface area contributed by atoms with E-state index in [2.05, 4.69) is 5.32 Å². The van der Waals surface area contributed by atoms with E-state index < -0.39 is 28.8 Å². The van der Waals surface area contributed by atoms with Gasteiger partial charge in [0.15, 0.2) is 11.6 Å². The lowest BCUT2D eigenvalue weighted by atomic mass is 10.0. The second-order valence-electron chi connectivity index (χ2n) is 7.52. The van der Waals surface area contributed by atoms with E-state index in [0.717, 1.165) is 17.7 Å². The summed E-state index contributed by atoms with van der Waals surface area (Å²) in [5.41, 5.74) is 1.91. The molecule has 0 spiro atoms. The highest BCUT2D eigenvalue weighted by Crippen LogP contribution is 2.35. The van der Waals surface area contributed by atoms with E-state index in [1.165, 1.54) is 22.5 Å². The van der Waals surface area contributed by atoms with Crippen molar-refractivity contribution in [2.24, 2.45) is 0 Å². The SMILES string of the molecule is COc1ccc(CNC(=O)c2ccc3c(c2)C(=O)/C(=C\c2ccc(F)c(F)c2)[S+]([O-])N3C)cc1. The summed E-state index contributed by atoms with van der Waals surface area (Å²) in [5, 5.41) is 2.80. The van der Waals surface area contributed by atoms with Gasteiger partial charge in [0.05, 0.1) is 25.4 Å². The van der Waals surface area contributed by atoms with Crippen LogP contribution in [0.15, 0.2) is 65.6 Å². The topological polar surface area (TPSA) is 81.7 Å². The highest BCUT2D eigenvalue weighted by molar-refractivity contribution is 7.97. The van der Waals surface area contributed by atoms with Gasteiger partial charge in [-0.1, -0.05) is 18.2 Å². The maximum Gasteiger partial charge on any atom is 0.251 e. The minimum Gasteiger partial charge on any atom is -0.588 e. The minimum absolute atomic E-state index is 0.100. The number of anilines is 1. The molecule has 174 valence electrons. The summed E-state index contributed by atoms with van der Waals surface area (Å²) in [4.78, 5) is 25.8. The third-order valence-electron chi connectivity index (χ3n) is 5.36. The second-order valence-corrected chi connectivity index (χ2v) is 9.01. The van der Waals surface area contributed by atoms with Gasteiger partial charge >= 0.3 is 0 Å². The number of hydrogen-bond donors (Lipinski definition) is 1. The minimum atomic E-state index is -1.86. The number of Topliss-reactive ketones (excluding diaryl/α,β-unsaturated/α-hetero) is 1. The molecular formula is C25H20F2N2O4S. The fraction of sp³-hybridized carbons (Fsp3) is 0.120. The molecule has 0 aromatic heterocycles. The molecule has 1 unspecified atom stereocenters.